The standard InChI is InChI=1S/C37H44N6O4/c1-26-32(35(39)44)33(27-15-17-30(18-16-27)43(46)47)34(31(41-26)14-8-21-38)36(45)40-22-9-23-42-24-19-37(20-25-42,28-10-4-2-5-11-28)29-12-6-3-7-13-29/h2-7,10-13,15-18,33,41H,8-9,14,19-25,38H2,1H3,(H2,39,44)(H,40,45). The number of carbonyl (C=O) groups excluding carboxylic acids is 2. The number of non-ortho nitro benzene ring substituents is 1. The fourth-order valence-electron chi connectivity index (χ4n) is 7.11. The maximum atomic E-state index is 13.9. The Morgan fingerprint density at radius 1 is 0.936 bits per heavy atom. The van der Waals surface area contributed by atoms with Gasteiger partial charge < -0.3 is 27.0 Å². The van der Waals surface area contributed by atoms with Crippen LogP contribution < -0.4 is 22.1 Å². The number of nitrogens with two attached hydrogens (primary N) is 2. The molecule has 10 nitrogen and oxygen atoms in total. The third-order valence-corrected chi connectivity index (χ3v) is 9.52. The Labute approximate surface area is 276 Å². The Bertz CT molecular complexity index is 1590. The van der Waals surface area contributed by atoms with E-state index in [4.69, 9.17) is 11.5 Å². The van der Waals surface area contributed by atoms with Crippen LogP contribution in [0.15, 0.2) is 107 Å². The van der Waals surface area contributed by atoms with Gasteiger partial charge in [0, 0.05) is 52.6 Å². The van der Waals surface area contributed by atoms with E-state index in [1.165, 1.54) is 23.3 Å². The van der Waals surface area contributed by atoms with Crippen molar-refractivity contribution in [3.05, 3.63) is 134 Å². The van der Waals surface area contributed by atoms with E-state index in [-0.39, 0.29) is 22.6 Å². The third kappa shape index (κ3) is 7.45. The minimum absolute atomic E-state index is 0.0235. The summed E-state index contributed by atoms with van der Waals surface area (Å²) in [6.45, 7) is 5.37. The van der Waals surface area contributed by atoms with Crippen molar-refractivity contribution in [1.29, 1.82) is 0 Å². The van der Waals surface area contributed by atoms with Crippen molar-refractivity contribution < 1.29 is 14.5 Å². The number of benzene rings is 3. The molecule has 246 valence electrons. The highest BCUT2D eigenvalue weighted by atomic mass is 16.6. The summed E-state index contributed by atoms with van der Waals surface area (Å²) in [4.78, 5) is 39.9. The average Bonchev–Trinajstić information content (AvgIpc) is 3.09. The summed E-state index contributed by atoms with van der Waals surface area (Å²) < 4.78 is 0. The minimum atomic E-state index is -0.770. The number of hydrogen-bond donors (Lipinski definition) is 4. The van der Waals surface area contributed by atoms with Crippen LogP contribution in [0, 0.1) is 10.1 Å². The molecular weight excluding hydrogens is 592 g/mol. The summed E-state index contributed by atoms with van der Waals surface area (Å²) in [6.07, 6.45) is 3.91. The highest BCUT2D eigenvalue weighted by Gasteiger charge is 2.38. The maximum absolute atomic E-state index is 13.9. The van der Waals surface area contributed by atoms with E-state index in [9.17, 15) is 19.7 Å². The van der Waals surface area contributed by atoms with Gasteiger partial charge in [-0.25, -0.2) is 0 Å². The topological polar surface area (TPSA) is 157 Å². The molecule has 0 bridgehead atoms. The quantitative estimate of drug-likeness (QED) is 0.121. The zero-order chi connectivity index (χ0) is 33.4. The van der Waals surface area contributed by atoms with Gasteiger partial charge in [0.25, 0.3) is 5.69 Å². The van der Waals surface area contributed by atoms with Gasteiger partial charge in [0.2, 0.25) is 11.8 Å². The zero-order valence-corrected chi connectivity index (χ0v) is 26.9. The molecule has 10 heteroatoms. The molecule has 2 amide bonds. The summed E-state index contributed by atoms with van der Waals surface area (Å²) in [5.41, 5.74) is 16.7. The van der Waals surface area contributed by atoms with E-state index >= 15 is 0 Å². The molecular formula is C37H44N6O4. The lowest BCUT2D eigenvalue weighted by molar-refractivity contribution is -0.384. The molecule has 0 aliphatic carbocycles. The van der Waals surface area contributed by atoms with Gasteiger partial charge in [-0.05, 0) is 81.9 Å². The Morgan fingerprint density at radius 3 is 2.06 bits per heavy atom. The van der Waals surface area contributed by atoms with Crippen LogP contribution in [0.2, 0.25) is 0 Å². The average molecular weight is 637 g/mol. The molecule has 3 aromatic carbocycles. The molecule has 47 heavy (non-hydrogen) atoms. The van der Waals surface area contributed by atoms with Crippen LogP contribution in [0.25, 0.3) is 0 Å². The predicted octanol–water partition coefficient (Wildman–Crippen LogP) is 4.62. The summed E-state index contributed by atoms with van der Waals surface area (Å²) in [5.74, 6) is -1.73. The van der Waals surface area contributed by atoms with Gasteiger partial charge in [-0.1, -0.05) is 72.8 Å². The first-order valence-electron chi connectivity index (χ1n) is 16.3. The Kier molecular flexibility index (Phi) is 10.8. The van der Waals surface area contributed by atoms with Crippen LogP contribution in [0.3, 0.4) is 0 Å². The van der Waals surface area contributed by atoms with E-state index in [0.717, 1.165) is 38.9 Å². The van der Waals surface area contributed by atoms with Gasteiger partial charge in [-0.2, -0.15) is 0 Å². The number of rotatable bonds is 13. The summed E-state index contributed by atoms with van der Waals surface area (Å²) in [7, 11) is 0. The normalized spacial score (nSPS) is 18.0. The van der Waals surface area contributed by atoms with Crippen molar-refractivity contribution in [1.82, 2.24) is 15.5 Å². The number of carbonyl (C=O) groups is 2. The SMILES string of the molecule is CC1=C(C(N)=O)C(c2ccc([N+](=O)[O-])cc2)C(C(=O)NCCCN2CCC(c3ccccc3)(c3ccccc3)CC2)=C(CCCN)N1. The first-order valence-corrected chi connectivity index (χ1v) is 16.3. The third-order valence-electron chi connectivity index (χ3n) is 9.52. The highest BCUT2D eigenvalue weighted by molar-refractivity contribution is 6.03. The molecule has 2 aliphatic rings. The number of piperidine rings is 1. The molecule has 6 N–H and O–H groups in total. The lowest BCUT2D eigenvalue weighted by atomic mass is 9.68. The van der Waals surface area contributed by atoms with Crippen LogP contribution in [-0.4, -0.2) is 54.4 Å². The number of amides is 2. The number of nitro benzene ring substituents is 1. The van der Waals surface area contributed by atoms with Crippen molar-refractivity contribution in [3.8, 4) is 0 Å². The molecule has 2 aliphatic heterocycles. The smallest absolute Gasteiger partial charge is 0.269 e. The van der Waals surface area contributed by atoms with Crippen LogP contribution in [0.5, 0.6) is 0 Å². The van der Waals surface area contributed by atoms with E-state index in [1.807, 2.05) is 0 Å². The molecule has 5 rings (SSSR count). The maximum Gasteiger partial charge on any atom is 0.269 e. The first kappa shape index (κ1) is 33.6. The molecule has 1 fully saturated rings. The van der Waals surface area contributed by atoms with Crippen molar-refractivity contribution in [3.63, 3.8) is 0 Å². The van der Waals surface area contributed by atoms with Crippen LogP contribution in [0.4, 0.5) is 5.69 Å². The number of nitrogens with one attached hydrogen (secondary N) is 2. The van der Waals surface area contributed by atoms with E-state index in [0.29, 0.717) is 48.5 Å². The summed E-state index contributed by atoms with van der Waals surface area (Å²) >= 11 is 0. The Hall–Kier alpha value is -4.80. The lowest BCUT2D eigenvalue weighted by Crippen LogP contribution is -2.44. The van der Waals surface area contributed by atoms with Crippen molar-refractivity contribution in [2.45, 2.75) is 50.4 Å². The number of likely N-dealkylation sites (tertiary alicyclic amines) is 1. The molecule has 1 saturated heterocycles. The molecule has 0 saturated carbocycles. The fraction of sp³-hybridized carbons (Fsp3) is 0.351. The van der Waals surface area contributed by atoms with E-state index in [1.54, 1.807) is 19.1 Å². The summed E-state index contributed by atoms with van der Waals surface area (Å²) in [6, 6.07) is 27.4. The molecule has 0 spiro atoms. The Morgan fingerprint density at radius 2 is 1.53 bits per heavy atom. The fourth-order valence-corrected chi connectivity index (χ4v) is 7.11. The number of nitrogens with zero attached hydrogens (tertiary/aromatic N) is 2. The van der Waals surface area contributed by atoms with Gasteiger partial charge in [-0.3, -0.25) is 19.7 Å². The van der Waals surface area contributed by atoms with Crippen molar-refractivity contribution in [2.24, 2.45) is 11.5 Å². The second-order valence-corrected chi connectivity index (χ2v) is 12.4. The summed E-state index contributed by atoms with van der Waals surface area (Å²) in [5, 5.41) is 17.6. The van der Waals surface area contributed by atoms with Gasteiger partial charge in [0.15, 0.2) is 0 Å². The molecule has 3 aromatic rings. The van der Waals surface area contributed by atoms with Gasteiger partial charge >= 0.3 is 0 Å². The van der Waals surface area contributed by atoms with Gasteiger partial charge in [-0.15, -0.1) is 0 Å². The van der Waals surface area contributed by atoms with Crippen LogP contribution >= 0.6 is 0 Å². The number of primary amides is 1. The molecule has 2 heterocycles. The number of dihydropyridines is 1. The number of allylic oxidation sites excluding steroid dienone is 2. The van der Waals surface area contributed by atoms with Gasteiger partial charge in [0.05, 0.1) is 4.92 Å². The molecule has 0 aromatic heterocycles. The molecule has 1 unspecified atom stereocenters. The largest absolute Gasteiger partial charge is 0.366 e. The van der Waals surface area contributed by atoms with Crippen LogP contribution in [0.1, 0.15) is 61.6 Å². The minimum Gasteiger partial charge on any atom is -0.366 e. The first-order chi connectivity index (χ1) is 22.7. The predicted molar refractivity (Wildman–Crippen MR) is 183 cm³/mol. The number of hydrogen-bond acceptors (Lipinski definition) is 7. The lowest BCUT2D eigenvalue weighted by Gasteiger charge is -2.43. The van der Waals surface area contributed by atoms with E-state index < -0.39 is 16.7 Å². The Balaban J connectivity index is 1.28. The second-order valence-electron chi connectivity index (χ2n) is 12.4. The highest BCUT2D eigenvalue weighted by Crippen LogP contribution is 2.42. The van der Waals surface area contributed by atoms with E-state index in [2.05, 4.69) is 76.2 Å². The zero-order valence-electron chi connectivity index (χ0n) is 26.9. The van der Waals surface area contributed by atoms with Crippen LogP contribution in [-0.2, 0) is 15.0 Å². The monoisotopic (exact) mass is 636 g/mol. The van der Waals surface area contributed by atoms with Crippen molar-refractivity contribution >= 4 is 17.5 Å². The molecule has 1 atom stereocenters. The molecule has 0 radical (unpaired) electrons. The van der Waals surface area contributed by atoms with Crippen molar-refractivity contribution in [2.75, 3.05) is 32.7 Å². The second kappa shape index (κ2) is 15.2. The van der Waals surface area contributed by atoms with Gasteiger partial charge in [0.1, 0.15) is 0 Å². The number of nitro groups is 1.